The van der Waals surface area contributed by atoms with Crippen molar-refractivity contribution in [1.82, 2.24) is 9.99 Å². The number of aryl methyl sites for hydroxylation is 2. The summed E-state index contributed by atoms with van der Waals surface area (Å²) >= 11 is 5.62. The number of nitrogens with zero attached hydrogens (tertiary/aromatic N) is 3. The molecule has 3 rings (SSSR count). The standard InChI is InChI=1S/C24H24ClF3N4O3S/c1-15-6-5-7-20(10-15)32-16(2)11-18(17(32)3)13-29-30-23(33)14-31(36(4,34)35)19-8-9-22(25)21(12-19)24(26,27)28/h5-13H,14H2,1-4H3,(H,30,33)/b29-13-. The molecule has 0 aliphatic carbocycles. The number of hydrogen-bond donors (Lipinski definition) is 1. The zero-order chi connectivity index (χ0) is 26.8. The lowest BCUT2D eigenvalue weighted by Crippen LogP contribution is -2.39. The van der Waals surface area contributed by atoms with Gasteiger partial charge in [-0.2, -0.15) is 18.3 Å². The number of hydrazone groups is 1. The largest absolute Gasteiger partial charge is 0.417 e. The molecule has 7 nitrogen and oxygen atoms in total. The molecule has 2 aromatic carbocycles. The highest BCUT2D eigenvalue weighted by molar-refractivity contribution is 7.92. The monoisotopic (exact) mass is 540 g/mol. The van der Waals surface area contributed by atoms with Crippen molar-refractivity contribution in [3.05, 3.63) is 81.6 Å². The van der Waals surface area contributed by atoms with Crippen molar-refractivity contribution in [1.29, 1.82) is 0 Å². The lowest BCUT2D eigenvalue weighted by atomic mass is 10.2. The second-order valence-corrected chi connectivity index (χ2v) is 10.5. The highest BCUT2D eigenvalue weighted by Gasteiger charge is 2.34. The normalized spacial score (nSPS) is 12.2. The fraction of sp³-hybridized carbons (Fsp3) is 0.250. The van der Waals surface area contributed by atoms with Crippen LogP contribution in [0, 0.1) is 20.8 Å². The predicted octanol–water partition coefficient (Wildman–Crippen LogP) is 4.99. The van der Waals surface area contributed by atoms with Gasteiger partial charge in [0, 0.05) is 22.6 Å². The lowest BCUT2D eigenvalue weighted by molar-refractivity contribution is -0.137. The number of aromatic nitrogens is 1. The Balaban J connectivity index is 1.79. The molecule has 1 heterocycles. The Hall–Kier alpha value is -3.31. The number of rotatable bonds is 7. The molecule has 0 aliphatic rings. The molecule has 0 atom stereocenters. The Morgan fingerprint density at radius 3 is 2.44 bits per heavy atom. The minimum absolute atomic E-state index is 0.352. The Labute approximate surface area is 212 Å². The van der Waals surface area contributed by atoms with Gasteiger partial charge < -0.3 is 4.57 Å². The summed E-state index contributed by atoms with van der Waals surface area (Å²) in [6.45, 7) is 5.03. The molecule has 0 fully saturated rings. The van der Waals surface area contributed by atoms with Crippen LogP contribution in [0.4, 0.5) is 18.9 Å². The van der Waals surface area contributed by atoms with Crippen molar-refractivity contribution in [2.75, 3.05) is 17.1 Å². The van der Waals surface area contributed by atoms with Crippen molar-refractivity contribution < 1.29 is 26.4 Å². The predicted molar refractivity (Wildman–Crippen MR) is 134 cm³/mol. The van der Waals surface area contributed by atoms with Crippen molar-refractivity contribution in [2.24, 2.45) is 5.10 Å². The van der Waals surface area contributed by atoms with Gasteiger partial charge in [0.2, 0.25) is 10.0 Å². The first-order chi connectivity index (χ1) is 16.7. The fourth-order valence-corrected chi connectivity index (χ4v) is 4.78. The maximum absolute atomic E-state index is 13.2. The fourth-order valence-electron chi connectivity index (χ4n) is 3.71. The van der Waals surface area contributed by atoms with E-state index in [-0.39, 0.29) is 5.69 Å². The quantitative estimate of drug-likeness (QED) is 0.338. The van der Waals surface area contributed by atoms with E-state index in [0.29, 0.717) is 10.4 Å². The van der Waals surface area contributed by atoms with Gasteiger partial charge in [0.15, 0.2) is 0 Å². The number of alkyl halides is 3. The third-order valence-corrected chi connectivity index (χ3v) is 6.82. The van der Waals surface area contributed by atoms with Gasteiger partial charge in [0.05, 0.1) is 28.7 Å². The van der Waals surface area contributed by atoms with Crippen LogP contribution in [0.25, 0.3) is 5.69 Å². The van der Waals surface area contributed by atoms with E-state index in [1.807, 2.05) is 55.7 Å². The van der Waals surface area contributed by atoms with Crippen molar-refractivity contribution in [3.63, 3.8) is 0 Å². The van der Waals surface area contributed by atoms with Crippen LogP contribution in [0.2, 0.25) is 5.02 Å². The van der Waals surface area contributed by atoms with Crippen LogP contribution in [0.5, 0.6) is 0 Å². The highest BCUT2D eigenvalue weighted by Crippen LogP contribution is 2.37. The SMILES string of the molecule is Cc1cccc(-n2c(C)cc(/C=N\NC(=O)CN(c3ccc(Cl)c(C(F)(F)F)c3)S(C)(=O)=O)c2C)c1. The Morgan fingerprint density at radius 2 is 1.83 bits per heavy atom. The first-order valence-corrected chi connectivity index (χ1v) is 12.8. The summed E-state index contributed by atoms with van der Waals surface area (Å²) in [5, 5.41) is 3.32. The van der Waals surface area contributed by atoms with Crippen LogP contribution < -0.4 is 9.73 Å². The van der Waals surface area contributed by atoms with Gasteiger partial charge in [-0.3, -0.25) is 9.10 Å². The summed E-state index contributed by atoms with van der Waals surface area (Å²) in [5.74, 6) is -0.840. The summed E-state index contributed by atoms with van der Waals surface area (Å²) < 4.78 is 66.7. The molecule has 192 valence electrons. The van der Waals surface area contributed by atoms with Crippen LogP contribution in [-0.4, -0.2) is 37.9 Å². The maximum Gasteiger partial charge on any atom is 0.417 e. The van der Waals surface area contributed by atoms with E-state index in [9.17, 15) is 26.4 Å². The van der Waals surface area contributed by atoms with Crippen LogP contribution >= 0.6 is 11.6 Å². The molecule has 0 saturated heterocycles. The summed E-state index contributed by atoms with van der Waals surface area (Å²) in [7, 11) is -4.10. The molecule has 0 bridgehead atoms. The summed E-state index contributed by atoms with van der Waals surface area (Å²) in [6.07, 6.45) is -2.60. The molecule has 3 aromatic rings. The summed E-state index contributed by atoms with van der Waals surface area (Å²) in [5.41, 5.74) is 5.27. The third kappa shape index (κ3) is 6.27. The first-order valence-electron chi connectivity index (χ1n) is 10.6. The number of hydrogen-bond acceptors (Lipinski definition) is 4. The number of carbonyl (C=O) groups is 1. The molecule has 0 aliphatic heterocycles. The third-order valence-electron chi connectivity index (χ3n) is 5.35. The second kappa shape index (κ2) is 10.4. The van der Waals surface area contributed by atoms with E-state index in [0.717, 1.165) is 46.6 Å². The van der Waals surface area contributed by atoms with Gasteiger partial charge in [-0.25, -0.2) is 13.8 Å². The average Bonchev–Trinajstić information content (AvgIpc) is 3.04. The van der Waals surface area contributed by atoms with Crippen LogP contribution in [-0.2, 0) is 21.0 Å². The van der Waals surface area contributed by atoms with Crippen LogP contribution in [0.1, 0.15) is 28.1 Å². The Kier molecular flexibility index (Phi) is 7.85. The average molecular weight is 541 g/mol. The number of amides is 1. The van der Waals surface area contributed by atoms with Crippen LogP contribution in [0.15, 0.2) is 53.6 Å². The molecule has 1 aromatic heterocycles. The van der Waals surface area contributed by atoms with E-state index >= 15 is 0 Å². The van der Waals surface area contributed by atoms with Crippen molar-refractivity contribution in [2.45, 2.75) is 26.9 Å². The van der Waals surface area contributed by atoms with Gasteiger partial charge in [-0.15, -0.1) is 0 Å². The molecule has 12 heteroatoms. The van der Waals surface area contributed by atoms with E-state index in [1.165, 1.54) is 6.21 Å². The molecule has 0 spiro atoms. The van der Waals surface area contributed by atoms with E-state index < -0.39 is 39.2 Å². The van der Waals surface area contributed by atoms with Crippen molar-refractivity contribution in [3.8, 4) is 5.69 Å². The second-order valence-electron chi connectivity index (χ2n) is 8.23. The minimum Gasteiger partial charge on any atom is -0.318 e. The number of benzene rings is 2. The topological polar surface area (TPSA) is 83.8 Å². The van der Waals surface area contributed by atoms with Crippen LogP contribution in [0.3, 0.4) is 0 Å². The van der Waals surface area contributed by atoms with Gasteiger partial charge in [-0.1, -0.05) is 23.7 Å². The Morgan fingerprint density at radius 1 is 1.14 bits per heavy atom. The number of nitrogens with one attached hydrogen (secondary N) is 1. The molecular weight excluding hydrogens is 517 g/mol. The molecule has 0 unspecified atom stereocenters. The number of anilines is 1. The maximum atomic E-state index is 13.2. The van der Waals surface area contributed by atoms with Gasteiger partial charge in [-0.05, 0) is 62.7 Å². The molecule has 1 amide bonds. The zero-order valence-electron chi connectivity index (χ0n) is 19.9. The highest BCUT2D eigenvalue weighted by atomic mass is 35.5. The van der Waals surface area contributed by atoms with Gasteiger partial charge in [0.25, 0.3) is 5.91 Å². The lowest BCUT2D eigenvalue weighted by Gasteiger charge is -2.22. The van der Waals surface area contributed by atoms with E-state index in [2.05, 4.69) is 10.5 Å². The molecule has 0 saturated carbocycles. The van der Waals surface area contributed by atoms with Gasteiger partial charge >= 0.3 is 6.18 Å². The summed E-state index contributed by atoms with van der Waals surface area (Å²) in [4.78, 5) is 12.4. The zero-order valence-corrected chi connectivity index (χ0v) is 21.5. The van der Waals surface area contributed by atoms with Crippen molar-refractivity contribution >= 4 is 39.4 Å². The molecule has 0 radical (unpaired) electrons. The van der Waals surface area contributed by atoms with Gasteiger partial charge in [0.1, 0.15) is 6.54 Å². The molecule has 36 heavy (non-hydrogen) atoms. The molecular formula is C24H24ClF3N4O3S. The number of sulfonamides is 1. The summed E-state index contributed by atoms with van der Waals surface area (Å²) in [6, 6.07) is 12.4. The van der Waals surface area contributed by atoms with E-state index in [1.54, 1.807) is 0 Å². The Bertz CT molecular complexity index is 1430. The molecule has 1 N–H and O–H groups in total. The van der Waals surface area contributed by atoms with E-state index in [4.69, 9.17) is 11.6 Å². The number of halogens is 4. The minimum atomic E-state index is -4.80. The smallest absolute Gasteiger partial charge is 0.318 e. The first kappa shape index (κ1) is 27.3. The number of carbonyl (C=O) groups excluding carboxylic acids is 1.